The van der Waals surface area contributed by atoms with Gasteiger partial charge in [0.25, 0.3) is 5.91 Å². The SMILES string of the molecule is O=C1C/C(=C\c2cnn3c(NC4CC4)nc(N[C@H]4CCCc5ccccc54)nc23)C(=O)N1. The fraction of sp³-hybridized carbons (Fsp3) is 0.348. The molecule has 1 aromatic carbocycles. The lowest BCUT2D eigenvalue weighted by Crippen LogP contribution is -2.20. The molecule has 3 heterocycles. The number of benzene rings is 1. The molecule has 2 amide bonds. The molecule has 162 valence electrons. The number of anilines is 2. The molecule has 0 radical (unpaired) electrons. The Labute approximate surface area is 184 Å². The maximum absolute atomic E-state index is 12.0. The van der Waals surface area contributed by atoms with Gasteiger partial charge in [-0.25, -0.2) is 0 Å². The van der Waals surface area contributed by atoms with E-state index in [1.54, 1.807) is 16.8 Å². The number of imide groups is 1. The monoisotopic (exact) mass is 429 g/mol. The molecule has 9 heteroatoms. The normalized spacial score (nSPS) is 21.6. The highest BCUT2D eigenvalue weighted by atomic mass is 16.2. The third-order valence-electron chi connectivity index (χ3n) is 6.20. The molecule has 0 bridgehead atoms. The predicted octanol–water partition coefficient (Wildman–Crippen LogP) is 2.62. The zero-order valence-corrected chi connectivity index (χ0v) is 17.5. The fourth-order valence-corrected chi connectivity index (χ4v) is 4.43. The third kappa shape index (κ3) is 3.49. The summed E-state index contributed by atoms with van der Waals surface area (Å²) in [6, 6.07) is 9.02. The van der Waals surface area contributed by atoms with Crippen molar-refractivity contribution >= 4 is 35.4 Å². The van der Waals surface area contributed by atoms with E-state index in [1.165, 1.54) is 11.1 Å². The first-order valence-electron chi connectivity index (χ1n) is 11.1. The molecule has 0 unspecified atom stereocenters. The highest BCUT2D eigenvalue weighted by Gasteiger charge is 2.27. The van der Waals surface area contributed by atoms with Crippen LogP contribution in [0.1, 0.15) is 54.8 Å². The highest BCUT2D eigenvalue weighted by molar-refractivity contribution is 6.15. The Hall–Kier alpha value is -3.75. The number of carbonyl (C=O) groups is 2. The summed E-state index contributed by atoms with van der Waals surface area (Å²) in [6.07, 6.45) is 8.82. The van der Waals surface area contributed by atoms with Crippen molar-refractivity contribution in [3.05, 3.63) is 52.7 Å². The van der Waals surface area contributed by atoms with Crippen LogP contribution in [-0.2, 0) is 16.0 Å². The van der Waals surface area contributed by atoms with E-state index in [1.807, 2.05) is 0 Å². The summed E-state index contributed by atoms with van der Waals surface area (Å²) in [5.74, 6) is 0.494. The molecule has 2 aliphatic carbocycles. The molecule has 0 spiro atoms. The molecule has 1 saturated carbocycles. The van der Waals surface area contributed by atoms with E-state index in [4.69, 9.17) is 9.97 Å². The highest BCUT2D eigenvalue weighted by Crippen LogP contribution is 2.32. The molecule has 9 nitrogen and oxygen atoms in total. The van der Waals surface area contributed by atoms with Gasteiger partial charge in [0.15, 0.2) is 5.65 Å². The molecule has 2 aromatic heterocycles. The molecule has 3 N–H and O–H groups in total. The third-order valence-corrected chi connectivity index (χ3v) is 6.20. The minimum atomic E-state index is -0.364. The van der Waals surface area contributed by atoms with Crippen LogP contribution in [0.15, 0.2) is 36.0 Å². The van der Waals surface area contributed by atoms with Crippen LogP contribution >= 0.6 is 0 Å². The second-order valence-corrected chi connectivity index (χ2v) is 8.64. The molecular weight excluding hydrogens is 406 g/mol. The van der Waals surface area contributed by atoms with Crippen molar-refractivity contribution in [1.29, 1.82) is 0 Å². The number of aromatic nitrogens is 4. The van der Waals surface area contributed by atoms with Crippen LogP contribution in [-0.4, -0.2) is 37.4 Å². The van der Waals surface area contributed by atoms with Gasteiger partial charge in [0.2, 0.25) is 17.8 Å². The van der Waals surface area contributed by atoms with Gasteiger partial charge in [-0.15, -0.1) is 0 Å². The van der Waals surface area contributed by atoms with Crippen LogP contribution in [0.3, 0.4) is 0 Å². The van der Waals surface area contributed by atoms with E-state index in [0.29, 0.717) is 34.7 Å². The van der Waals surface area contributed by atoms with Crippen molar-refractivity contribution in [3.63, 3.8) is 0 Å². The van der Waals surface area contributed by atoms with Crippen molar-refractivity contribution in [2.45, 2.75) is 50.6 Å². The summed E-state index contributed by atoms with van der Waals surface area (Å²) < 4.78 is 1.67. The van der Waals surface area contributed by atoms with Crippen LogP contribution in [0.5, 0.6) is 0 Å². The minimum absolute atomic E-state index is 0.0679. The molecule has 3 aliphatic rings. The first-order valence-corrected chi connectivity index (χ1v) is 11.1. The zero-order valence-electron chi connectivity index (χ0n) is 17.5. The number of rotatable bonds is 5. The first-order chi connectivity index (χ1) is 15.6. The van der Waals surface area contributed by atoms with Gasteiger partial charge < -0.3 is 10.6 Å². The molecule has 1 aliphatic heterocycles. The first kappa shape index (κ1) is 19.0. The van der Waals surface area contributed by atoms with Crippen molar-refractivity contribution in [2.75, 3.05) is 10.6 Å². The number of nitrogens with one attached hydrogen (secondary N) is 3. The quantitative estimate of drug-likeness (QED) is 0.422. The molecule has 2 fully saturated rings. The molecule has 6 rings (SSSR count). The van der Waals surface area contributed by atoms with Crippen molar-refractivity contribution in [1.82, 2.24) is 24.9 Å². The van der Waals surface area contributed by atoms with E-state index in [-0.39, 0.29) is 24.3 Å². The number of nitrogens with zero attached hydrogens (tertiary/aromatic N) is 4. The maximum Gasteiger partial charge on any atom is 0.254 e. The number of amides is 2. The van der Waals surface area contributed by atoms with E-state index in [0.717, 1.165) is 32.1 Å². The van der Waals surface area contributed by atoms with E-state index in [9.17, 15) is 9.59 Å². The van der Waals surface area contributed by atoms with E-state index in [2.05, 4.69) is 45.3 Å². The van der Waals surface area contributed by atoms with Gasteiger partial charge in [-0.3, -0.25) is 14.9 Å². The lowest BCUT2D eigenvalue weighted by molar-refractivity contribution is -0.124. The van der Waals surface area contributed by atoms with Gasteiger partial charge in [-0.1, -0.05) is 24.3 Å². The lowest BCUT2D eigenvalue weighted by Gasteiger charge is -2.26. The van der Waals surface area contributed by atoms with E-state index < -0.39 is 0 Å². The topological polar surface area (TPSA) is 113 Å². The van der Waals surface area contributed by atoms with Gasteiger partial charge in [-0.2, -0.15) is 19.6 Å². The average molecular weight is 429 g/mol. The summed E-state index contributed by atoms with van der Waals surface area (Å²) in [5.41, 5.74) is 4.33. The largest absolute Gasteiger partial charge is 0.351 e. The Morgan fingerprint density at radius 3 is 2.78 bits per heavy atom. The summed E-state index contributed by atoms with van der Waals surface area (Å²) in [5, 5.41) is 13.7. The van der Waals surface area contributed by atoms with Crippen molar-refractivity contribution < 1.29 is 9.59 Å². The van der Waals surface area contributed by atoms with Gasteiger partial charge >= 0.3 is 0 Å². The fourth-order valence-electron chi connectivity index (χ4n) is 4.43. The lowest BCUT2D eigenvalue weighted by atomic mass is 9.88. The molecule has 1 atom stereocenters. The van der Waals surface area contributed by atoms with Crippen molar-refractivity contribution in [2.24, 2.45) is 0 Å². The summed E-state index contributed by atoms with van der Waals surface area (Å²) in [7, 11) is 0. The zero-order chi connectivity index (χ0) is 21.7. The van der Waals surface area contributed by atoms with Crippen LogP contribution in [0.25, 0.3) is 11.7 Å². The van der Waals surface area contributed by atoms with Gasteiger partial charge in [0, 0.05) is 17.2 Å². The van der Waals surface area contributed by atoms with Crippen LogP contribution in [0.4, 0.5) is 11.9 Å². The van der Waals surface area contributed by atoms with Gasteiger partial charge in [0.05, 0.1) is 18.7 Å². The Morgan fingerprint density at radius 2 is 1.97 bits per heavy atom. The predicted molar refractivity (Wildman–Crippen MR) is 119 cm³/mol. The van der Waals surface area contributed by atoms with Crippen LogP contribution < -0.4 is 16.0 Å². The number of aryl methyl sites for hydroxylation is 1. The second-order valence-electron chi connectivity index (χ2n) is 8.64. The number of hydrogen-bond donors (Lipinski definition) is 3. The maximum atomic E-state index is 12.0. The second kappa shape index (κ2) is 7.44. The Morgan fingerprint density at radius 1 is 1.09 bits per heavy atom. The standard InChI is InChI=1S/C23H23N7O2/c31-19-11-14(21(32)27-19)10-15-12-24-30-20(15)28-22(29-23(30)25-16-8-9-16)26-18-7-3-5-13-4-1-2-6-17(13)18/h1-2,4,6,10,12,16,18H,3,5,7-9,11H2,(H,27,31,32)(H2,25,26,28,29)/b14-10+/t18-/m0/s1. The molecule has 3 aromatic rings. The molecule has 1 saturated heterocycles. The average Bonchev–Trinajstić information content (AvgIpc) is 3.42. The summed E-state index contributed by atoms with van der Waals surface area (Å²) in [4.78, 5) is 33.1. The van der Waals surface area contributed by atoms with Crippen molar-refractivity contribution in [3.8, 4) is 0 Å². The van der Waals surface area contributed by atoms with Crippen LogP contribution in [0, 0.1) is 0 Å². The summed E-state index contributed by atoms with van der Waals surface area (Å²) in [6.45, 7) is 0. The number of carbonyl (C=O) groups excluding carboxylic acids is 2. The Bertz CT molecular complexity index is 1270. The Balaban J connectivity index is 1.40. The Kier molecular flexibility index (Phi) is 4.41. The smallest absolute Gasteiger partial charge is 0.254 e. The van der Waals surface area contributed by atoms with Crippen LogP contribution in [0.2, 0.25) is 0 Å². The summed E-state index contributed by atoms with van der Waals surface area (Å²) >= 11 is 0. The van der Waals surface area contributed by atoms with E-state index >= 15 is 0 Å². The van der Waals surface area contributed by atoms with Gasteiger partial charge in [-0.05, 0) is 49.3 Å². The van der Waals surface area contributed by atoms with Gasteiger partial charge in [0.1, 0.15) is 0 Å². The molecular formula is C23H23N7O2. The number of fused-ring (bicyclic) bond motifs is 2. The molecule has 32 heavy (non-hydrogen) atoms. The minimum Gasteiger partial charge on any atom is -0.351 e. The number of hydrogen-bond acceptors (Lipinski definition) is 7.